The van der Waals surface area contributed by atoms with Crippen LogP contribution < -0.4 is 20.9 Å². The molecule has 0 aliphatic rings. The molecule has 7 nitrogen and oxygen atoms in total. The number of amides is 1. The highest BCUT2D eigenvalue weighted by Gasteiger charge is 2.13. The fourth-order valence-corrected chi connectivity index (χ4v) is 3.34. The fraction of sp³-hybridized carbons (Fsp3) is 0.125. The molecule has 0 saturated carbocycles. The lowest BCUT2D eigenvalue weighted by atomic mass is 10.1. The number of nitrogens with zero attached hydrogens (tertiary/aromatic N) is 1. The third-order valence-electron chi connectivity index (χ3n) is 4.89. The number of benzene rings is 3. The van der Waals surface area contributed by atoms with Crippen LogP contribution in [0.1, 0.15) is 5.56 Å². The van der Waals surface area contributed by atoms with Gasteiger partial charge in [0.15, 0.2) is 0 Å². The number of rotatable bonds is 7. The highest BCUT2D eigenvalue weighted by molar-refractivity contribution is 5.85. The van der Waals surface area contributed by atoms with E-state index in [1.165, 1.54) is 0 Å². The van der Waals surface area contributed by atoms with Crippen molar-refractivity contribution < 1.29 is 9.53 Å². The molecule has 0 unspecified atom stereocenters. The summed E-state index contributed by atoms with van der Waals surface area (Å²) in [4.78, 5) is 32.4. The maximum absolute atomic E-state index is 12.6. The lowest BCUT2D eigenvalue weighted by Gasteiger charge is -2.13. The van der Waals surface area contributed by atoms with Crippen molar-refractivity contribution in [3.8, 4) is 17.0 Å². The van der Waals surface area contributed by atoms with Crippen LogP contribution in [0, 0.1) is 0 Å². The Morgan fingerprint density at radius 2 is 1.74 bits per heavy atom. The number of ether oxygens (including phenoxy) is 1. The Morgan fingerprint density at radius 3 is 2.61 bits per heavy atom. The standard InChI is InChI=1S/C24H22N4O3/c1-31-21-13-7-2-8-16(21)14-26-22(29)15-25-18-10-4-3-9-17(18)23-24(30)28-20-12-6-5-11-19(20)27-23/h2-13,25H,14-15H2,1H3,(H,26,29)(H,28,30). The first kappa shape index (κ1) is 20.2. The Bertz CT molecular complexity index is 1280. The van der Waals surface area contributed by atoms with Gasteiger partial charge < -0.3 is 20.4 Å². The van der Waals surface area contributed by atoms with Gasteiger partial charge in [0.1, 0.15) is 11.4 Å². The monoisotopic (exact) mass is 414 g/mol. The van der Waals surface area contributed by atoms with E-state index in [2.05, 4.69) is 20.6 Å². The van der Waals surface area contributed by atoms with E-state index in [4.69, 9.17) is 4.74 Å². The Kier molecular flexibility index (Phi) is 5.93. The number of carbonyl (C=O) groups excluding carboxylic acids is 1. The fourth-order valence-electron chi connectivity index (χ4n) is 3.34. The lowest BCUT2D eigenvalue weighted by molar-refractivity contribution is -0.119. The van der Waals surface area contributed by atoms with Crippen LogP contribution in [0.25, 0.3) is 22.3 Å². The molecule has 0 bridgehead atoms. The number of hydrogen-bond acceptors (Lipinski definition) is 5. The van der Waals surface area contributed by atoms with Gasteiger partial charge in [0, 0.05) is 23.4 Å². The summed E-state index contributed by atoms with van der Waals surface area (Å²) in [6.07, 6.45) is 0. The van der Waals surface area contributed by atoms with Gasteiger partial charge in [0.25, 0.3) is 5.56 Å². The summed E-state index contributed by atoms with van der Waals surface area (Å²) >= 11 is 0. The number of aromatic amines is 1. The van der Waals surface area contributed by atoms with Crippen molar-refractivity contribution in [3.05, 3.63) is 88.7 Å². The van der Waals surface area contributed by atoms with Crippen LogP contribution in [0.3, 0.4) is 0 Å². The minimum absolute atomic E-state index is 0.0532. The van der Waals surface area contributed by atoms with Crippen molar-refractivity contribution in [3.63, 3.8) is 0 Å². The van der Waals surface area contributed by atoms with Crippen LogP contribution in [0.2, 0.25) is 0 Å². The van der Waals surface area contributed by atoms with Gasteiger partial charge in [-0.1, -0.05) is 48.5 Å². The molecule has 1 aromatic heterocycles. The first-order valence-corrected chi connectivity index (χ1v) is 9.86. The van der Waals surface area contributed by atoms with E-state index in [0.717, 1.165) is 11.3 Å². The average Bonchev–Trinajstić information content (AvgIpc) is 2.81. The first-order valence-electron chi connectivity index (χ1n) is 9.86. The second kappa shape index (κ2) is 9.13. The molecule has 0 atom stereocenters. The summed E-state index contributed by atoms with van der Waals surface area (Å²) in [7, 11) is 1.60. The van der Waals surface area contributed by atoms with Gasteiger partial charge in [-0.15, -0.1) is 0 Å². The van der Waals surface area contributed by atoms with Gasteiger partial charge in [-0.3, -0.25) is 9.59 Å². The molecule has 0 fully saturated rings. The Morgan fingerprint density at radius 1 is 1.00 bits per heavy atom. The van der Waals surface area contributed by atoms with Crippen LogP contribution in [0.5, 0.6) is 5.75 Å². The van der Waals surface area contributed by atoms with Crippen LogP contribution in [-0.4, -0.2) is 29.5 Å². The number of hydrogen-bond donors (Lipinski definition) is 3. The van der Waals surface area contributed by atoms with E-state index in [1.807, 2.05) is 66.7 Å². The van der Waals surface area contributed by atoms with E-state index in [-0.39, 0.29) is 18.0 Å². The molecule has 31 heavy (non-hydrogen) atoms. The lowest BCUT2D eigenvalue weighted by Crippen LogP contribution is -2.29. The van der Waals surface area contributed by atoms with E-state index < -0.39 is 0 Å². The zero-order valence-corrected chi connectivity index (χ0v) is 17.0. The summed E-state index contributed by atoms with van der Waals surface area (Å²) in [5, 5.41) is 5.99. The number of carbonyl (C=O) groups is 1. The molecule has 3 N–H and O–H groups in total. The van der Waals surface area contributed by atoms with Gasteiger partial charge in [-0.05, 0) is 24.3 Å². The van der Waals surface area contributed by atoms with Crippen molar-refractivity contribution in [2.24, 2.45) is 0 Å². The predicted octanol–water partition coefficient (Wildman–Crippen LogP) is 3.33. The number of para-hydroxylation sites is 4. The van der Waals surface area contributed by atoms with E-state index in [0.29, 0.717) is 34.5 Å². The number of anilines is 1. The SMILES string of the molecule is COc1ccccc1CNC(=O)CNc1ccccc1-c1nc2ccccc2[nH]c1=O. The van der Waals surface area contributed by atoms with Crippen molar-refractivity contribution >= 4 is 22.6 Å². The number of H-pyrrole nitrogens is 1. The van der Waals surface area contributed by atoms with Gasteiger partial charge in [0.05, 0.1) is 24.7 Å². The molecule has 156 valence electrons. The summed E-state index contributed by atoms with van der Waals surface area (Å²) in [6.45, 7) is 0.412. The molecule has 1 heterocycles. The number of aromatic nitrogens is 2. The van der Waals surface area contributed by atoms with Crippen molar-refractivity contribution in [1.29, 1.82) is 0 Å². The highest BCUT2D eigenvalue weighted by atomic mass is 16.5. The van der Waals surface area contributed by atoms with Crippen molar-refractivity contribution in [2.45, 2.75) is 6.54 Å². The normalized spacial score (nSPS) is 10.6. The molecular weight excluding hydrogens is 392 g/mol. The van der Waals surface area contributed by atoms with E-state index >= 15 is 0 Å². The zero-order valence-electron chi connectivity index (χ0n) is 17.0. The minimum Gasteiger partial charge on any atom is -0.496 e. The Balaban J connectivity index is 1.49. The maximum atomic E-state index is 12.6. The summed E-state index contributed by atoms with van der Waals surface area (Å²) in [5.74, 6) is 0.545. The quantitative estimate of drug-likeness (QED) is 0.431. The van der Waals surface area contributed by atoms with E-state index in [9.17, 15) is 9.59 Å². The first-order chi connectivity index (χ1) is 15.2. The second-order valence-corrected chi connectivity index (χ2v) is 6.92. The molecule has 7 heteroatoms. The number of fused-ring (bicyclic) bond motifs is 1. The number of methoxy groups -OCH3 is 1. The maximum Gasteiger partial charge on any atom is 0.275 e. The third-order valence-corrected chi connectivity index (χ3v) is 4.89. The molecule has 0 aliphatic heterocycles. The molecule has 1 amide bonds. The van der Waals surface area contributed by atoms with Crippen LogP contribution >= 0.6 is 0 Å². The zero-order chi connectivity index (χ0) is 21.6. The topological polar surface area (TPSA) is 96.1 Å². The Labute approximate surface area is 179 Å². The largest absolute Gasteiger partial charge is 0.496 e. The molecule has 3 aromatic carbocycles. The summed E-state index contributed by atoms with van der Waals surface area (Å²) in [6, 6.07) is 22.2. The van der Waals surface area contributed by atoms with Gasteiger partial charge in [-0.2, -0.15) is 0 Å². The molecule has 0 saturated heterocycles. The van der Waals surface area contributed by atoms with Gasteiger partial charge in [0.2, 0.25) is 5.91 Å². The molecule has 0 spiro atoms. The summed E-state index contributed by atoms with van der Waals surface area (Å²) < 4.78 is 5.31. The van der Waals surface area contributed by atoms with Crippen molar-refractivity contribution in [2.75, 3.05) is 19.0 Å². The predicted molar refractivity (Wildman–Crippen MR) is 121 cm³/mol. The summed E-state index contributed by atoms with van der Waals surface area (Å²) in [5.41, 5.74) is 3.57. The molecule has 4 rings (SSSR count). The van der Waals surface area contributed by atoms with Crippen LogP contribution in [0.15, 0.2) is 77.6 Å². The molecule has 0 radical (unpaired) electrons. The molecular formula is C24H22N4O3. The van der Waals surface area contributed by atoms with Crippen molar-refractivity contribution in [1.82, 2.24) is 15.3 Å². The molecule has 0 aliphatic carbocycles. The highest BCUT2D eigenvalue weighted by Crippen LogP contribution is 2.24. The minimum atomic E-state index is -0.284. The Hall–Kier alpha value is -4.13. The average molecular weight is 414 g/mol. The smallest absolute Gasteiger partial charge is 0.275 e. The van der Waals surface area contributed by atoms with Gasteiger partial charge >= 0.3 is 0 Å². The van der Waals surface area contributed by atoms with E-state index in [1.54, 1.807) is 13.2 Å². The van der Waals surface area contributed by atoms with Crippen LogP contribution in [-0.2, 0) is 11.3 Å². The van der Waals surface area contributed by atoms with Crippen LogP contribution in [0.4, 0.5) is 5.69 Å². The molecule has 4 aromatic rings. The van der Waals surface area contributed by atoms with Gasteiger partial charge in [-0.25, -0.2) is 4.98 Å². The third kappa shape index (κ3) is 4.56. The number of nitrogens with one attached hydrogen (secondary N) is 3. The second-order valence-electron chi connectivity index (χ2n) is 6.92.